The highest BCUT2D eigenvalue weighted by Crippen LogP contribution is 2.26. The van der Waals surface area contributed by atoms with Crippen LogP contribution in [0, 0.1) is 5.92 Å². The Morgan fingerprint density at radius 2 is 1.96 bits per heavy atom. The lowest BCUT2D eigenvalue weighted by atomic mass is 10.0. The summed E-state index contributed by atoms with van der Waals surface area (Å²) in [5.74, 6) is 1.28. The van der Waals surface area contributed by atoms with Gasteiger partial charge in [0, 0.05) is 23.3 Å². The molecule has 0 radical (unpaired) electrons. The van der Waals surface area contributed by atoms with Gasteiger partial charge in [-0.1, -0.05) is 38.1 Å². The molecule has 130 valence electrons. The minimum Gasteiger partial charge on any atom is -0.421 e. The van der Waals surface area contributed by atoms with E-state index in [1.54, 1.807) is 11.3 Å². The summed E-state index contributed by atoms with van der Waals surface area (Å²) in [4.78, 5) is 13.5. The van der Waals surface area contributed by atoms with Crippen molar-refractivity contribution in [3.63, 3.8) is 0 Å². The van der Waals surface area contributed by atoms with Crippen molar-refractivity contribution in [1.29, 1.82) is 0 Å². The molecular weight excluding hydrogens is 334 g/mol. The fourth-order valence-corrected chi connectivity index (χ4v) is 3.50. The van der Waals surface area contributed by atoms with Crippen molar-refractivity contribution in [2.24, 2.45) is 5.92 Å². The molecule has 0 saturated heterocycles. The van der Waals surface area contributed by atoms with Crippen LogP contribution in [0.2, 0.25) is 0 Å². The Kier molecular flexibility index (Phi) is 5.60. The van der Waals surface area contributed by atoms with E-state index in [1.165, 1.54) is 4.88 Å². The van der Waals surface area contributed by atoms with E-state index in [1.807, 2.05) is 41.8 Å². The number of nitrogens with zero attached hydrogens (tertiary/aromatic N) is 2. The molecule has 1 aromatic carbocycles. The zero-order chi connectivity index (χ0) is 17.6. The van der Waals surface area contributed by atoms with Gasteiger partial charge in [0.05, 0.1) is 6.04 Å². The summed E-state index contributed by atoms with van der Waals surface area (Å²) in [5.41, 5.74) is 0.878. The van der Waals surface area contributed by atoms with E-state index in [2.05, 4.69) is 35.4 Å². The van der Waals surface area contributed by atoms with Crippen molar-refractivity contribution in [3.8, 4) is 11.5 Å². The molecule has 1 N–H and O–H groups in total. The van der Waals surface area contributed by atoms with Gasteiger partial charge in [-0.05, 0) is 29.5 Å². The molecular formula is C19H21N3O2S. The van der Waals surface area contributed by atoms with Gasteiger partial charge in [0.15, 0.2) is 0 Å². The molecule has 0 unspecified atom stereocenters. The second-order valence-corrected chi connectivity index (χ2v) is 7.15. The number of hydrogen-bond donors (Lipinski definition) is 1. The van der Waals surface area contributed by atoms with Crippen molar-refractivity contribution in [1.82, 2.24) is 15.5 Å². The summed E-state index contributed by atoms with van der Waals surface area (Å²) in [6, 6.07) is 13.7. The maximum absolute atomic E-state index is 12.3. The van der Waals surface area contributed by atoms with Gasteiger partial charge in [-0.25, -0.2) is 0 Å². The third-order valence-corrected chi connectivity index (χ3v) is 4.84. The highest BCUT2D eigenvalue weighted by Gasteiger charge is 2.19. The number of benzene rings is 1. The molecule has 25 heavy (non-hydrogen) atoms. The zero-order valence-electron chi connectivity index (χ0n) is 14.3. The summed E-state index contributed by atoms with van der Waals surface area (Å²) in [6.45, 7) is 4.21. The van der Waals surface area contributed by atoms with Crippen LogP contribution in [0.3, 0.4) is 0 Å². The number of hydrogen-bond acceptors (Lipinski definition) is 5. The second kappa shape index (κ2) is 8.07. The van der Waals surface area contributed by atoms with Crippen molar-refractivity contribution in [2.75, 3.05) is 0 Å². The quantitative estimate of drug-likeness (QED) is 0.688. The zero-order valence-corrected chi connectivity index (χ0v) is 15.1. The van der Waals surface area contributed by atoms with Gasteiger partial charge >= 0.3 is 0 Å². The second-order valence-electron chi connectivity index (χ2n) is 6.17. The first kappa shape index (κ1) is 17.4. The molecule has 0 fully saturated rings. The van der Waals surface area contributed by atoms with Crippen molar-refractivity contribution in [3.05, 3.63) is 58.6 Å². The van der Waals surface area contributed by atoms with Gasteiger partial charge in [-0.2, -0.15) is 0 Å². The van der Waals surface area contributed by atoms with Crippen LogP contribution >= 0.6 is 11.3 Å². The van der Waals surface area contributed by atoms with Gasteiger partial charge in [-0.15, -0.1) is 21.5 Å². The van der Waals surface area contributed by atoms with Crippen molar-refractivity contribution >= 4 is 17.2 Å². The average molecular weight is 355 g/mol. The maximum atomic E-state index is 12.3. The molecule has 3 aromatic rings. The Hall–Kier alpha value is -2.47. The predicted octanol–water partition coefficient (Wildman–Crippen LogP) is 4.24. The average Bonchev–Trinajstić information content (AvgIpc) is 3.30. The van der Waals surface area contributed by atoms with Crippen LogP contribution in [0.15, 0.2) is 52.3 Å². The number of amides is 1. The van der Waals surface area contributed by atoms with Gasteiger partial charge in [-0.3, -0.25) is 4.79 Å². The first-order chi connectivity index (χ1) is 12.1. The van der Waals surface area contributed by atoms with Gasteiger partial charge in [0.1, 0.15) is 0 Å². The molecule has 0 aliphatic rings. The standard InChI is InChI=1S/C19H21N3O2S/c1-13(2)18(15-9-6-12-25-15)20-16(23)10-11-17-21-22-19(24-17)14-7-4-3-5-8-14/h3-9,12-13,18H,10-11H2,1-2H3,(H,20,23)/t18-/m0/s1. The Labute approximate surface area is 151 Å². The van der Waals surface area contributed by atoms with E-state index < -0.39 is 0 Å². The molecule has 1 amide bonds. The molecule has 0 bridgehead atoms. The number of carbonyl (C=O) groups is 1. The summed E-state index contributed by atoms with van der Waals surface area (Å²) >= 11 is 1.66. The smallest absolute Gasteiger partial charge is 0.247 e. The Morgan fingerprint density at radius 1 is 1.16 bits per heavy atom. The van der Waals surface area contributed by atoms with Crippen molar-refractivity contribution < 1.29 is 9.21 Å². The lowest BCUT2D eigenvalue weighted by Crippen LogP contribution is -2.31. The highest BCUT2D eigenvalue weighted by atomic mass is 32.1. The van der Waals surface area contributed by atoms with Crippen LogP contribution in [0.4, 0.5) is 0 Å². The topological polar surface area (TPSA) is 68.0 Å². The van der Waals surface area contributed by atoms with Gasteiger partial charge in [0.2, 0.25) is 17.7 Å². The lowest BCUT2D eigenvalue weighted by Gasteiger charge is -2.21. The highest BCUT2D eigenvalue weighted by molar-refractivity contribution is 7.10. The van der Waals surface area contributed by atoms with E-state index in [0.717, 1.165) is 5.56 Å². The predicted molar refractivity (Wildman–Crippen MR) is 98.1 cm³/mol. The van der Waals surface area contributed by atoms with Crippen LogP contribution in [0.5, 0.6) is 0 Å². The number of nitrogens with one attached hydrogen (secondary N) is 1. The molecule has 6 heteroatoms. The Balaban J connectivity index is 1.56. The van der Waals surface area contributed by atoms with Crippen molar-refractivity contribution in [2.45, 2.75) is 32.7 Å². The SMILES string of the molecule is CC(C)[C@H](NC(=O)CCc1nnc(-c2ccccc2)o1)c1cccs1. The van der Waals surface area contributed by atoms with E-state index in [4.69, 9.17) is 4.42 Å². The normalized spacial score (nSPS) is 12.3. The third-order valence-electron chi connectivity index (χ3n) is 3.89. The molecule has 1 atom stereocenters. The van der Waals surface area contributed by atoms with Crippen LogP contribution in [-0.4, -0.2) is 16.1 Å². The van der Waals surface area contributed by atoms with Crippen LogP contribution < -0.4 is 5.32 Å². The first-order valence-corrected chi connectivity index (χ1v) is 9.22. The molecule has 2 aromatic heterocycles. The molecule has 5 nitrogen and oxygen atoms in total. The number of aryl methyl sites for hydroxylation is 1. The minimum absolute atomic E-state index is 0.00781. The Bertz CT molecular complexity index is 797. The van der Waals surface area contributed by atoms with E-state index >= 15 is 0 Å². The molecule has 0 spiro atoms. The maximum Gasteiger partial charge on any atom is 0.247 e. The summed E-state index contributed by atoms with van der Waals surface area (Å²) < 4.78 is 5.64. The lowest BCUT2D eigenvalue weighted by molar-refractivity contribution is -0.122. The summed E-state index contributed by atoms with van der Waals surface area (Å²) in [7, 11) is 0. The fraction of sp³-hybridized carbons (Fsp3) is 0.316. The number of rotatable bonds is 7. The number of carbonyl (C=O) groups excluding carboxylic acids is 1. The summed E-state index contributed by atoms with van der Waals surface area (Å²) in [5, 5.41) is 13.2. The Morgan fingerprint density at radius 3 is 2.64 bits per heavy atom. The largest absolute Gasteiger partial charge is 0.421 e. The fourth-order valence-electron chi connectivity index (χ4n) is 2.55. The number of aromatic nitrogens is 2. The third kappa shape index (κ3) is 4.54. The molecule has 2 heterocycles. The monoisotopic (exact) mass is 355 g/mol. The van der Waals surface area contributed by atoms with E-state index in [9.17, 15) is 4.79 Å². The van der Waals surface area contributed by atoms with Gasteiger partial charge in [0.25, 0.3) is 0 Å². The minimum atomic E-state index is -0.00781. The number of thiophene rings is 1. The first-order valence-electron chi connectivity index (χ1n) is 8.34. The molecule has 0 aliphatic heterocycles. The van der Waals surface area contributed by atoms with Crippen LogP contribution in [-0.2, 0) is 11.2 Å². The molecule has 3 rings (SSSR count). The van der Waals surface area contributed by atoms with Gasteiger partial charge < -0.3 is 9.73 Å². The summed E-state index contributed by atoms with van der Waals surface area (Å²) in [6.07, 6.45) is 0.756. The van der Waals surface area contributed by atoms with Crippen LogP contribution in [0.25, 0.3) is 11.5 Å². The molecule has 0 saturated carbocycles. The van der Waals surface area contributed by atoms with E-state index in [0.29, 0.717) is 30.5 Å². The molecule has 0 aliphatic carbocycles. The van der Waals surface area contributed by atoms with Crippen LogP contribution in [0.1, 0.15) is 37.1 Å². The van der Waals surface area contributed by atoms with E-state index in [-0.39, 0.29) is 11.9 Å².